The second-order valence-electron chi connectivity index (χ2n) is 4.44. The number of carboxylic acid groups (broad SMARTS) is 1. The van der Waals surface area contributed by atoms with E-state index in [1.165, 1.54) is 37.9 Å². The summed E-state index contributed by atoms with van der Waals surface area (Å²) in [6.45, 7) is 2.78. The van der Waals surface area contributed by atoms with Crippen molar-refractivity contribution in [3.8, 4) is 5.75 Å². The summed E-state index contributed by atoms with van der Waals surface area (Å²) in [4.78, 5) is 24.0. The third-order valence-corrected chi connectivity index (χ3v) is 2.48. The van der Waals surface area contributed by atoms with E-state index in [9.17, 15) is 14.7 Å². The topological polar surface area (TPSA) is 89.9 Å². The van der Waals surface area contributed by atoms with Crippen LogP contribution in [0.4, 0.5) is 10.5 Å². The predicted octanol–water partition coefficient (Wildman–Crippen LogP) is 1.40. The van der Waals surface area contributed by atoms with Gasteiger partial charge in [0.2, 0.25) is 0 Å². The Morgan fingerprint density at radius 2 is 1.94 bits per heavy atom. The molecule has 0 bridgehead atoms. The summed E-state index contributed by atoms with van der Waals surface area (Å²) in [5, 5.41) is 20.6. The average Bonchev–Trinajstić information content (AvgIpc) is 2.27. The number of carbonyl (C=O) groups excluding carboxylic acids is 1. The lowest BCUT2D eigenvalue weighted by atomic mass is 10.1. The average molecular weight is 252 g/mol. The van der Waals surface area contributed by atoms with Crippen LogP contribution in [0.1, 0.15) is 13.8 Å². The second-order valence-corrected chi connectivity index (χ2v) is 4.44. The van der Waals surface area contributed by atoms with Crippen LogP contribution in [0.5, 0.6) is 5.75 Å². The quantitative estimate of drug-likeness (QED) is 0.758. The highest BCUT2D eigenvalue weighted by Gasteiger charge is 2.30. The van der Waals surface area contributed by atoms with Gasteiger partial charge < -0.3 is 15.5 Å². The van der Waals surface area contributed by atoms with Gasteiger partial charge in [0.25, 0.3) is 0 Å². The maximum Gasteiger partial charge on any atom is 0.328 e. The van der Waals surface area contributed by atoms with Gasteiger partial charge in [-0.05, 0) is 26.0 Å². The lowest BCUT2D eigenvalue weighted by Gasteiger charge is -2.25. The molecule has 18 heavy (non-hydrogen) atoms. The van der Waals surface area contributed by atoms with E-state index in [2.05, 4.69) is 5.32 Å². The van der Waals surface area contributed by atoms with Crippen molar-refractivity contribution in [2.24, 2.45) is 0 Å². The highest BCUT2D eigenvalue weighted by molar-refractivity contribution is 5.95. The maximum atomic E-state index is 11.8. The van der Waals surface area contributed by atoms with Gasteiger partial charge in [-0.2, -0.15) is 0 Å². The molecule has 0 aliphatic carbocycles. The third-order valence-electron chi connectivity index (χ3n) is 2.48. The van der Waals surface area contributed by atoms with E-state index >= 15 is 0 Å². The lowest BCUT2D eigenvalue weighted by Crippen LogP contribution is -2.53. The lowest BCUT2D eigenvalue weighted by molar-refractivity contribution is -0.142. The molecule has 2 amide bonds. The molecule has 0 atom stereocenters. The van der Waals surface area contributed by atoms with Crippen molar-refractivity contribution in [3.05, 3.63) is 24.3 Å². The van der Waals surface area contributed by atoms with Crippen LogP contribution in [-0.4, -0.2) is 34.8 Å². The molecule has 0 aromatic heterocycles. The number of phenols is 1. The summed E-state index contributed by atoms with van der Waals surface area (Å²) < 4.78 is 0. The monoisotopic (exact) mass is 252 g/mol. The van der Waals surface area contributed by atoms with Crippen molar-refractivity contribution in [1.29, 1.82) is 0 Å². The van der Waals surface area contributed by atoms with E-state index in [1.807, 2.05) is 0 Å². The Balaban J connectivity index is 2.82. The van der Waals surface area contributed by atoms with Crippen LogP contribution in [0, 0.1) is 0 Å². The number of benzene rings is 1. The molecule has 0 saturated heterocycles. The van der Waals surface area contributed by atoms with Crippen LogP contribution in [-0.2, 0) is 4.79 Å². The molecule has 0 radical (unpaired) electrons. The molecular weight excluding hydrogens is 236 g/mol. The molecule has 0 unspecified atom stereocenters. The largest absolute Gasteiger partial charge is 0.508 e. The minimum atomic E-state index is -1.36. The molecule has 1 aromatic rings. The van der Waals surface area contributed by atoms with E-state index in [1.54, 1.807) is 12.1 Å². The van der Waals surface area contributed by atoms with E-state index in [-0.39, 0.29) is 5.75 Å². The first-order valence-electron chi connectivity index (χ1n) is 5.32. The van der Waals surface area contributed by atoms with Crippen LogP contribution < -0.4 is 10.2 Å². The second kappa shape index (κ2) is 4.95. The Labute approximate surface area is 105 Å². The van der Waals surface area contributed by atoms with Gasteiger partial charge in [0.05, 0.1) is 0 Å². The molecule has 0 spiro atoms. The number of rotatable bonds is 3. The van der Waals surface area contributed by atoms with Gasteiger partial charge in [0.15, 0.2) is 0 Å². The molecule has 1 rings (SSSR count). The summed E-state index contributed by atoms with van der Waals surface area (Å²) in [5.74, 6) is -1.09. The van der Waals surface area contributed by atoms with Crippen LogP contribution in [0.2, 0.25) is 0 Å². The Hall–Kier alpha value is -2.24. The van der Waals surface area contributed by atoms with Gasteiger partial charge in [-0.1, -0.05) is 6.07 Å². The predicted molar refractivity (Wildman–Crippen MR) is 66.8 cm³/mol. The summed E-state index contributed by atoms with van der Waals surface area (Å²) >= 11 is 0. The number of aliphatic carboxylic acids is 1. The van der Waals surface area contributed by atoms with Crippen molar-refractivity contribution in [3.63, 3.8) is 0 Å². The molecule has 0 saturated carbocycles. The summed E-state index contributed by atoms with van der Waals surface area (Å²) in [6, 6.07) is 5.56. The number of aromatic hydroxyl groups is 1. The Morgan fingerprint density at radius 1 is 1.33 bits per heavy atom. The molecule has 1 aromatic carbocycles. The summed E-state index contributed by atoms with van der Waals surface area (Å²) in [7, 11) is 1.49. The number of carbonyl (C=O) groups is 2. The van der Waals surface area contributed by atoms with Crippen molar-refractivity contribution >= 4 is 17.7 Å². The molecule has 0 aliphatic rings. The molecular formula is C12H16N2O4. The highest BCUT2D eigenvalue weighted by Crippen LogP contribution is 2.19. The van der Waals surface area contributed by atoms with E-state index in [0.29, 0.717) is 5.69 Å². The molecule has 6 nitrogen and oxygen atoms in total. The van der Waals surface area contributed by atoms with Gasteiger partial charge in [-0.3, -0.25) is 4.90 Å². The SMILES string of the molecule is CN(C(=O)NC(C)(C)C(=O)O)c1cccc(O)c1. The van der Waals surface area contributed by atoms with Crippen LogP contribution in [0.25, 0.3) is 0 Å². The Bertz CT molecular complexity index is 471. The first-order chi connectivity index (χ1) is 8.24. The summed E-state index contributed by atoms with van der Waals surface area (Å²) in [5.41, 5.74) is -0.893. The Kier molecular flexibility index (Phi) is 3.80. The normalized spacial score (nSPS) is 10.8. The Morgan fingerprint density at radius 3 is 2.44 bits per heavy atom. The number of anilines is 1. The fourth-order valence-electron chi connectivity index (χ4n) is 1.22. The number of hydrogen-bond acceptors (Lipinski definition) is 3. The fourth-order valence-corrected chi connectivity index (χ4v) is 1.22. The number of hydrogen-bond donors (Lipinski definition) is 3. The third kappa shape index (κ3) is 3.13. The van der Waals surface area contributed by atoms with Crippen molar-refractivity contribution in [1.82, 2.24) is 5.32 Å². The minimum absolute atomic E-state index is 0.0321. The van der Waals surface area contributed by atoms with Gasteiger partial charge in [-0.25, -0.2) is 9.59 Å². The standard InChI is InChI=1S/C12H16N2O4/c1-12(2,10(16)17)13-11(18)14(3)8-5-4-6-9(15)7-8/h4-7,15H,1-3H3,(H,13,18)(H,16,17). The number of nitrogens with zero attached hydrogens (tertiary/aromatic N) is 1. The minimum Gasteiger partial charge on any atom is -0.508 e. The van der Waals surface area contributed by atoms with Crippen molar-refractivity contribution in [2.75, 3.05) is 11.9 Å². The first-order valence-corrected chi connectivity index (χ1v) is 5.32. The molecule has 0 aliphatic heterocycles. The first kappa shape index (κ1) is 13.8. The zero-order valence-corrected chi connectivity index (χ0v) is 10.5. The molecule has 6 heteroatoms. The van der Waals surface area contributed by atoms with Gasteiger partial charge in [0, 0.05) is 18.8 Å². The highest BCUT2D eigenvalue weighted by atomic mass is 16.4. The number of carboxylic acids is 1. The van der Waals surface area contributed by atoms with Crippen molar-refractivity contribution < 1.29 is 19.8 Å². The smallest absolute Gasteiger partial charge is 0.328 e. The van der Waals surface area contributed by atoms with E-state index in [4.69, 9.17) is 5.11 Å². The maximum absolute atomic E-state index is 11.8. The number of amides is 2. The number of urea groups is 1. The molecule has 0 heterocycles. The van der Waals surface area contributed by atoms with Gasteiger partial charge in [-0.15, -0.1) is 0 Å². The number of nitrogens with one attached hydrogen (secondary N) is 1. The van der Waals surface area contributed by atoms with E-state index < -0.39 is 17.5 Å². The molecule has 3 N–H and O–H groups in total. The fraction of sp³-hybridized carbons (Fsp3) is 0.333. The van der Waals surface area contributed by atoms with Crippen LogP contribution >= 0.6 is 0 Å². The van der Waals surface area contributed by atoms with Crippen LogP contribution in [0.3, 0.4) is 0 Å². The van der Waals surface area contributed by atoms with Gasteiger partial charge in [0.1, 0.15) is 11.3 Å². The number of phenolic OH excluding ortho intramolecular Hbond substituents is 1. The summed E-state index contributed by atoms with van der Waals surface area (Å²) in [6.07, 6.45) is 0. The van der Waals surface area contributed by atoms with E-state index in [0.717, 1.165) is 0 Å². The van der Waals surface area contributed by atoms with Crippen molar-refractivity contribution in [2.45, 2.75) is 19.4 Å². The van der Waals surface area contributed by atoms with Gasteiger partial charge >= 0.3 is 12.0 Å². The molecule has 0 fully saturated rings. The van der Waals surface area contributed by atoms with Crippen LogP contribution in [0.15, 0.2) is 24.3 Å². The molecule has 98 valence electrons. The zero-order chi connectivity index (χ0) is 13.9. The zero-order valence-electron chi connectivity index (χ0n) is 10.5.